The molecule has 2 heteroatoms. The Bertz CT molecular complexity index is 275. The van der Waals surface area contributed by atoms with Crippen LogP contribution in [-0.2, 0) is 0 Å². The number of hydrogen-bond donors (Lipinski definition) is 0. The number of nitrogens with zero attached hydrogens (tertiary/aromatic N) is 1. The minimum atomic E-state index is -0.143. The summed E-state index contributed by atoms with van der Waals surface area (Å²) in [5.41, 5.74) is 1.27. The summed E-state index contributed by atoms with van der Waals surface area (Å²) in [5, 5.41) is 0. The summed E-state index contributed by atoms with van der Waals surface area (Å²) in [7, 11) is 0. The molecule has 1 aromatic rings. The number of rotatable bonds is 2. The fourth-order valence-corrected chi connectivity index (χ4v) is 1.77. The Balaban J connectivity index is 1.99. The van der Waals surface area contributed by atoms with Gasteiger partial charge in [-0.1, -0.05) is 19.1 Å². The minimum absolute atomic E-state index is 0.143. The van der Waals surface area contributed by atoms with Gasteiger partial charge in [0, 0.05) is 19.0 Å². The highest BCUT2D eigenvalue weighted by Crippen LogP contribution is 2.26. The Morgan fingerprint density at radius 2 is 1.92 bits per heavy atom. The molecule has 0 radical (unpaired) electrons. The molecule has 0 spiro atoms. The first-order chi connectivity index (χ1) is 6.29. The molecule has 0 aromatic heterocycles. The van der Waals surface area contributed by atoms with Crippen molar-refractivity contribution in [3.8, 4) is 0 Å². The molecule has 0 saturated carbocycles. The van der Waals surface area contributed by atoms with Crippen molar-refractivity contribution < 1.29 is 4.39 Å². The topological polar surface area (TPSA) is 3.24 Å². The van der Waals surface area contributed by atoms with Crippen molar-refractivity contribution in [2.24, 2.45) is 0 Å². The molecule has 0 atom stereocenters. The zero-order valence-corrected chi connectivity index (χ0v) is 7.83. The van der Waals surface area contributed by atoms with Crippen LogP contribution in [0.1, 0.15) is 18.4 Å². The van der Waals surface area contributed by atoms with Crippen LogP contribution in [0.5, 0.6) is 0 Å². The van der Waals surface area contributed by atoms with E-state index >= 15 is 0 Å². The maximum atomic E-state index is 12.6. The van der Waals surface area contributed by atoms with Crippen LogP contribution < -0.4 is 0 Å². The maximum absolute atomic E-state index is 12.6. The van der Waals surface area contributed by atoms with Crippen LogP contribution in [0, 0.1) is 5.82 Å². The lowest BCUT2D eigenvalue weighted by Gasteiger charge is -2.38. The molecule has 1 heterocycles. The average molecular weight is 179 g/mol. The molecule has 0 aliphatic carbocycles. The largest absolute Gasteiger partial charge is 0.302 e. The van der Waals surface area contributed by atoms with Gasteiger partial charge in [-0.05, 0) is 24.2 Å². The lowest BCUT2D eigenvalue weighted by molar-refractivity contribution is 0.157. The van der Waals surface area contributed by atoms with Crippen LogP contribution in [0.15, 0.2) is 24.3 Å². The minimum Gasteiger partial charge on any atom is -0.302 e. The van der Waals surface area contributed by atoms with Crippen molar-refractivity contribution in [2.45, 2.75) is 12.8 Å². The molecule has 13 heavy (non-hydrogen) atoms. The van der Waals surface area contributed by atoms with E-state index in [0.29, 0.717) is 5.92 Å². The summed E-state index contributed by atoms with van der Waals surface area (Å²) in [6.45, 7) is 5.54. The van der Waals surface area contributed by atoms with Crippen molar-refractivity contribution >= 4 is 0 Å². The average Bonchev–Trinajstić information content (AvgIpc) is 2.06. The predicted molar refractivity (Wildman–Crippen MR) is 51.3 cm³/mol. The van der Waals surface area contributed by atoms with Crippen LogP contribution >= 0.6 is 0 Å². The Hall–Kier alpha value is -0.890. The Morgan fingerprint density at radius 3 is 2.46 bits per heavy atom. The number of likely N-dealkylation sites (N-methyl/N-ethyl adjacent to an activating group) is 1. The zero-order chi connectivity index (χ0) is 9.26. The lowest BCUT2D eigenvalue weighted by Crippen LogP contribution is -2.44. The molecule has 1 aliphatic heterocycles. The van der Waals surface area contributed by atoms with Gasteiger partial charge in [-0.3, -0.25) is 0 Å². The van der Waals surface area contributed by atoms with E-state index in [9.17, 15) is 4.39 Å². The van der Waals surface area contributed by atoms with Gasteiger partial charge < -0.3 is 4.90 Å². The van der Waals surface area contributed by atoms with Crippen molar-refractivity contribution in [3.05, 3.63) is 35.6 Å². The second kappa shape index (κ2) is 3.46. The van der Waals surface area contributed by atoms with Crippen LogP contribution in [0.2, 0.25) is 0 Å². The van der Waals surface area contributed by atoms with Gasteiger partial charge in [0.15, 0.2) is 0 Å². The van der Waals surface area contributed by atoms with Crippen LogP contribution in [-0.4, -0.2) is 24.5 Å². The van der Waals surface area contributed by atoms with Gasteiger partial charge in [0.05, 0.1) is 0 Å². The SMILES string of the molecule is CCN1CC(c2ccc(F)cc2)C1. The van der Waals surface area contributed by atoms with Crippen LogP contribution in [0.25, 0.3) is 0 Å². The van der Waals surface area contributed by atoms with E-state index in [2.05, 4.69) is 11.8 Å². The molecule has 1 aliphatic rings. The van der Waals surface area contributed by atoms with E-state index in [0.717, 1.165) is 19.6 Å². The first-order valence-electron chi connectivity index (χ1n) is 4.77. The van der Waals surface area contributed by atoms with Gasteiger partial charge >= 0.3 is 0 Å². The quantitative estimate of drug-likeness (QED) is 0.673. The first-order valence-corrected chi connectivity index (χ1v) is 4.77. The van der Waals surface area contributed by atoms with Crippen LogP contribution in [0.3, 0.4) is 0 Å². The highest BCUT2D eigenvalue weighted by atomic mass is 19.1. The smallest absolute Gasteiger partial charge is 0.123 e. The molecule has 2 rings (SSSR count). The third kappa shape index (κ3) is 1.73. The van der Waals surface area contributed by atoms with E-state index < -0.39 is 0 Å². The van der Waals surface area contributed by atoms with Gasteiger partial charge in [-0.25, -0.2) is 4.39 Å². The normalized spacial score (nSPS) is 18.6. The first kappa shape index (κ1) is 8.70. The molecule has 0 bridgehead atoms. The second-order valence-electron chi connectivity index (χ2n) is 3.60. The third-order valence-corrected chi connectivity index (χ3v) is 2.75. The Morgan fingerprint density at radius 1 is 1.31 bits per heavy atom. The molecule has 1 saturated heterocycles. The summed E-state index contributed by atoms with van der Waals surface area (Å²) in [4.78, 5) is 2.38. The Labute approximate surface area is 78.2 Å². The lowest BCUT2D eigenvalue weighted by atomic mass is 9.92. The second-order valence-corrected chi connectivity index (χ2v) is 3.60. The van der Waals surface area contributed by atoms with Gasteiger partial charge in [0.1, 0.15) is 5.82 Å². The van der Waals surface area contributed by atoms with Gasteiger partial charge in [-0.2, -0.15) is 0 Å². The summed E-state index contributed by atoms with van der Waals surface area (Å²) in [6.07, 6.45) is 0. The molecule has 1 fully saturated rings. The molecular formula is C11H14FN. The van der Waals surface area contributed by atoms with E-state index in [1.54, 1.807) is 12.1 Å². The highest BCUT2D eigenvalue weighted by Gasteiger charge is 2.26. The molecular weight excluding hydrogens is 165 g/mol. The zero-order valence-electron chi connectivity index (χ0n) is 7.83. The molecule has 1 aromatic carbocycles. The molecule has 0 amide bonds. The molecule has 0 unspecified atom stereocenters. The number of benzene rings is 1. The fourth-order valence-electron chi connectivity index (χ4n) is 1.77. The number of likely N-dealkylation sites (tertiary alicyclic amines) is 1. The summed E-state index contributed by atoms with van der Waals surface area (Å²) >= 11 is 0. The Kier molecular flexibility index (Phi) is 2.32. The van der Waals surface area contributed by atoms with E-state index in [4.69, 9.17) is 0 Å². The molecule has 0 N–H and O–H groups in total. The molecule has 1 nitrogen and oxygen atoms in total. The van der Waals surface area contributed by atoms with E-state index in [1.807, 2.05) is 12.1 Å². The van der Waals surface area contributed by atoms with E-state index in [-0.39, 0.29) is 5.82 Å². The monoisotopic (exact) mass is 179 g/mol. The predicted octanol–water partition coefficient (Wildman–Crippen LogP) is 2.24. The highest BCUT2D eigenvalue weighted by molar-refractivity contribution is 5.23. The van der Waals surface area contributed by atoms with Gasteiger partial charge in [-0.15, -0.1) is 0 Å². The number of hydrogen-bond acceptors (Lipinski definition) is 1. The van der Waals surface area contributed by atoms with Gasteiger partial charge in [0.25, 0.3) is 0 Å². The molecule has 70 valence electrons. The fraction of sp³-hybridized carbons (Fsp3) is 0.455. The van der Waals surface area contributed by atoms with Crippen molar-refractivity contribution in [2.75, 3.05) is 19.6 Å². The summed E-state index contributed by atoms with van der Waals surface area (Å²) < 4.78 is 12.6. The van der Waals surface area contributed by atoms with Gasteiger partial charge in [0.2, 0.25) is 0 Å². The standard InChI is InChI=1S/C11H14FN/c1-2-13-7-10(8-13)9-3-5-11(12)6-4-9/h3-6,10H,2,7-8H2,1H3. The number of halogens is 1. The van der Waals surface area contributed by atoms with Crippen molar-refractivity contribution in [3.63, 3.8) is 0 Å². The summed E-state index contributed by atoms with van der Waals surface area (Å²) in [6, 6.07) is 6.88. The third-order valence-electron chi connectivity index (χ3n) is 2.75. The van der Waals surface area contributed by atoms with E-state index in [1.165, 1.54) is 5.56 Å². The maximum Gasteiger partial charge on any atom is 0.123 e. The van der Waals surface area contributed by atoms with Crippen LogP contribution in [0.4, 0.5) is 4.39 Å². The summed E-state index contributed by atoms with van der Waals surface area (Å²) in [5.74, 6) is 0.482. The van der Waals surface area contributed by atoms with Crippen molar-refractivity contribution in [1.82, 2.24) is 4.90 Å². The van der Waals surface area contributed by atoms with Crippen molar-refractivity contribution in [1.29, 1.82) is 0 Å².